The van der Waals surface area contributed by atoms with Crippen molar-refractivity contribution in [1.29, 1.82) is 0 Å². The normalized spacial score (nSPS) is 4.80. The van der Waals surface area contributed by atoms with Crippen LogP contribution in [0.15, 0.2) is 0 Å². The number of primary amides is 1. The fraction of sp³-hybridized carbons (Fsp3) is 0. The molecule has 0 aliphatic carbocycles. The van der Waals surface area contributed by atoms with E-state index >= 15 is 0 Å². The summed E-state index contributed by atoms with van der Waals surface area (Å²) in [7, 11) is 0. The summed E-state index contributed by atoms with van der Waals surface area (Å²) in [6.07, 6.45) is -1.33. The Balaban J connectivity index is 0. The molecule has 0 rings (SSSR count). The van der Waals surface area contributed by atoms with Gasteiger partial charge in [0.05, 0.1) is 0 Å². The molecule has 0 fully saturated rings. The zero-order valence-electron chi connectivity index (χ0n) is 1.93. The molecule has 0 aromatic rings. The van der Waals surface area contributed by atoms with Crippen LogP contribution in [-0.2, 0) is 0 Å². The maximum absolute atomic E-state index is 8.78. The third-order valence-electron chi connectivity index (χ3n) is 0. The van der Waals surface area contributed by atoms with Crippen molar-refractivity contribution in [2.45, 2.75) is 0 Å². The molecule has 0 bridgehead atoms. The molecule has 0 unspecified atom stereocenters. The summed E-state index contributed by atoms with van der Waals surface area (Å²) in [5.41, 5.74) is 4.03. The average molecular weight is 85.0 g/mol. The van der Waals surface area contributed by atoms with Crippen molar-refractivity contribution in [2.75, 3.05) is 0 Å². The van der Waals surface area contributed by atoms with Crippen LogP contribution in [0.1, 0.15) is 0 Å². The molecule has 3 nitrogen and oxygen atoms in total. The van der Waals surface area contributed by atoms with Gasteiger partial charge in [-0.1, -0.05) is 0 Å². The van der Waals surface area contributed by atoms with Crippen molar-refractivity contribution >= 4 is 35.7 Å². The molecule has 0 heterocycles. The average Bonchev–Trinajstić information content (AvgIpc) is 0.811. The van der Waals surface area contributed by atoms with Crippen molar-refractivity contribution in [1.82, 2.24) is 0 Å². The van der Waals surface area contributed by atoms with E-state index in [1.54, 1.807) is 0 Å². The molecule has 0 aromatic heterocycles. The SMILES string of the molecule is NC(=O)O.[NaH]. The van der Waals surface area contributed by atoms with E-state index in [2.05, 4.69) is 5.73 Å². The van der Waals surface area contributed by atoms with E-state index in [4.69, 9.17) is 9.90 Å². The van der Waals surface area contributed by atoms with Crippen LogP contribution >= 0.6 is 0 Å². The number of hydrogen-bond acceptors (Lipinski definition) is 1. The Morgan fingerprint density at radius 3 is 1.80 bits per heavy atom. The molecule has 0 aliphatic heterocycles. The maximum atomic E-state index is 8.78. The van der Waals surface area contributed by atoms with E-state index in [0.717, 1.165) is 0 Å². The molecule has 26 valence electrons. The van der Waals surface area contributed by atoms with E-state index in [0.29, 0.717) is 0 Å². The van der Waals surface area contributed by atoms with Crippen LogP contribution in [-0.4, -0.2) is 40.8 Å². The van der Waals surface area contributed by atoms with Gasteiger partial charge in [-0.05, 0) is 0 Å². The van der Waals surface area contributed by atoms with Gasteiger partial charge in [-0.25, -0.2) is 4.79 Å². The molecule has 3 N–H and O–H groups in total. The van der Waals surface area contributed by atoms with E-state index < -0.39 is 6.09 Å². The molecular weight excluding hydrogens is 81.0 g/mol. The van der Waals surface area contributed by atoms with Gasteiger partial charge in [-0.15, -0.1) is 0 Å². The molecule has 0 saturated heterocycles. The first-order valence-electron chi connectivity index (χ1n) is 0.716. The molecule has 0 spiro atoms. The monoisotopic (exact) mass is 85.0 g/mol. The minimum absolute atomic E-state index is 0. The first kappa shape index (κ1) is 8.99. The first-order valence-corrected chi connectivity index (χ1v) is 0.716. The number of carbonyl (C=O) groups is 1. The number of amides is 1. The number of nitrogens with two attached hydrogens (primary N) is 1. The second-order valence-electron chi connectivity index (χ2n) is 0.338. The predicted molar refractivity (Wildman–Crippen MR) is 19.4 cm³/mol. The van der Waals surface area contributed by atoms with Gasteiger partial charge in [-0.2, -0.15) is 0 Å². The molecule has 1 amide bonds. The van der Waals surface area contributed by atoms with Gasteiger partial charge >= 0.3 is 35.7 Å². The summed E-state index contributed by atoms with van der Waals surface area (Å²) in [6.45, 7) is 0. The van der Waals surface area contributed by atoms with Crippen molar-refractivity contribution < 1.29 is 9.90 Å². The van der Waals surface area contributed by atoms with Crippen LogP contribution in [0.4, 0.5) is 4.79 Å². The van der Waals surface area contributed by atoms with Gasteiger partial charge in [0.2, 0.25) is 0 Å². The zero-order valence-corrected chi connectivity index (χ0v) is 1.93. The zero-order chi connectivity index (χ0) is 3.58. The predicted octanol–water partition coefficient (Wildman–Crippen LogP) is -1.03. The van der Waals surface area contributed by atoms with Gasteiger partial charge in [0.1, 0.15) is 0 Å². The third-order valence-corrected chi connectivity index (χ3v) is 0. The van der Waals surface area contributed by atoms with Gasteiger partial charge in [0.15, 0.2) is 0 Å². The standard InChI is InChI=1S/CH3NO2.Na.H/c2-1(3)4;;/h2H2,(H,3,4);;. The Bertz CT molecular complexity index is 32.6. The van der Waals surface area contributed by atoms with E-state index in [1.807, 2.05) is 0 Å². The quantitative estimate of drug-likeness (QED) is 0.369. The third kappa shape index (κ3) is 302. The number of carboxylic acid groups (broad SMARTS) is 1. The van der Waals surface area contributed by atoms with Gasteiger partial charge in [-0.3, -0.25) is 0 Å². The number of hydrogen-bond donors (Lipinski definition) is 2. The second-order valence-corrected chi connectivity index (χ2v) is 0.338. The Morgan fingerprint density at radius 2 is 1.80 bits per heavy atom. The van der Waals surface area contributed by atoms with Crippen molar-refractivity contribution in [3.8, 4) is 0 Å². The first-order chi connectivity index (χ1) is 1.73. The van der Waals surface area contributed by atoms with Crippen molar-refractivity contribution in [2.24, 2.45) is 5.73 Å². The van der Waals surface area contributed by atoms with Crippen LogP contribution in [0.25, 0.3) is 0 Å². The molecule has 0 radical (unpaired) electrons. The van der Waals surface area contributed by atoms with Crippen LogP contribution in [0.2, 0.25) is 0 Å². The van der Waals surface area contributed by atoms with Gasteiger partial charge in [0, 0.05) is 0 Å². The van der Waals surface area contributed by atoms with Crippen LogP contribution < -0.4 is 5.73 Å². The van der Waals surface area contributed by atoms with Crippen LogP contribution in [0.3, 0.4) is 0 Å². The Kier molecular flexibility index (Phi) is 7.67. The van der Waals surface area contributed by atoms with Crippen molar-refractivity contribution in [3.05, 3.63) is 0 Å². The summed E-state index contributed by atoms with van der Waals surface area (Å²) in [4.78, 5) is 8.78. The van der Waals surface area contributed by atoms with Crippen LogP contribution in [0.5, 0.6) is 0 Å². The topological polar surface area (TPSA) is 63.3 Å². The fourth-order valence-corrected chi connectivity index (χ4v) is 0. The molecule has 0 saturated carbocycles. The molecule has 0 aliphatic rings. The van der Waals surface area contributed by atoms with Crippen LogP contribution in [0, 0.1) is 0 Å². The summed E-state index contributed by atoms with van der Waals surface area (Å²) in [6, 6.07) is 0. The second kappa shape index (κ2) is 4.27. The molecule has 0 aromatic carbocycles. The molecular formula is CH4NNaO2. The Labute approximate surface area is 51.4 Å². The molecule has 4 heteroatoms. The fourth-order valence-electron chi connectivity index (χ4n) is 0. The van der Waals surface area contributed by atoms with Gasteiger partial charge in [0.25, 0.3) is 0 Å². The Morgan fingerprint density at radius 1 is 1.80 bits per heavy atom. The van der Waals surface area contributed by atoms with E-state index in [1.165, 1.54) is 0 Å². The van der Waals surface area contributed by atoms with Gasteiger partial charge < -0.3 is 10.8 Å². The number of rotatable bonds is 0. The molecule has 0 atom stereocenters. The summed E-state index contributed by atoms with van der Waals surface area (Å²) >= 11 is 0. The Hall–Kier alpha value is 0.270. The summed E-state index contributed by atoms with van der Waals surface area (Å²) < 4.78 is 0. The van der Waals surface area contributed by atoms with Crippen molar-refractivity contribution in [3.63, 3.8) is 0 Å². The van der Waals surface area contributed by atoms with E-state index in [9.17, 15) is 0 Å². The van der Waals surface area contributed by atoms with E-state index in [-0.39, 0.29) is 29.6 Å². The molecule has 5 heavy (non-hydrogen) atoms. The summed E-state index contributed by atoms with van der Waals surface area (Å²) in [5.74, 6) is 0. The summed E-state index contributed by atoms with van der Waals surface area (Å²) in [5, 5.41) is 7.19. The minimum atomic E-state index is -1.33.